The average molecular weight is 373 g/mol. The highest BCUT2D eigenvalue weighted by atomic mass is 35.5. The molecule has 4 rings (SSSR count). The van der Waals surface area contributed by atoms with E-state index in [1.807, 2.05) is 29.4 Å². The first-order valence-electron chi connectivity index (χ1n) is 8.26. The first-order valence-corrected chi connectivity index (χ1v) is 8.64. The van der Waals surface area contributed by atoms with Crippen LogP contribution >= 0.6 is 11.6 Å². The molecule has 0 bridgehead atoms. The minimum Gasteiger partial charge on any atom is -0.472 e. The Kier molecular flexibility index (Phi) is 4.57. The van der Waals surface area contributed by atoms with E-state index in [1.165, 1.54) is 0 Å². The molecule has 1 fully saturated rings. The summed E-state index contributed by atoms with van der Waals surface area (Å²) in [6.45, 7) is 2.07. The lowest BCUT2D eigenvalue weighted by Crippen LogP contribution is -2.27. The van der Waals surface area contributed by atoms with E-state index in [9.17, 15) is 4.79 Å². The van der Waals surface area contributed by atoms with Crippen LogP contribution in [0, 0.1) is 0 Å². The molecule has 8 nitrogen and oxygen atoms in total. The van der Waals surface area contributed by atoms with Crippen molar-refractivity contribution in [2.45, 2.75) is 12.5 Å². The van der Waals surface area contributed by atoms with Crippen molar-refractivity contribution in [3.63, 3.8) is 0 Å². The summed E-state index contributed by atoms with van der Waals surface area (Å²) >= 11 is 6.09. The second-order valence-corrected chi connectivity index (χ2v) is 6.39. The number of hydrogen-bond acceptors (Lipinski definition) is 7. The number of aromatic nitrogens is 3. The standard InChI is InChI=1S/C17H17ClN6O2/c18-16-14(10-21-22-17(16)25)24-6-2-13(11-24)26-15-9-12(1-3-20-15)23-7-4-19-5-8-23/h1,3-5,7,9-10,13H,2,6,8,11H2,(H,22,25)/t13-/m1/s1. The maximum absolute atomic E-state index is 11.6. The molecule has 2 aromatic heterocycles. The van der Waals surface area contributed by atoms with Gasteiger partial charge < -0.3 is 14.5 Å². The monoisotopic (exact) mass is 372 g/mol. The lowest BCUT2D eigenvalue weighted by molar-refractivity contribution is 0.216. The number of ether oxygens (including phenoxy) is 1. The Bertz CT molecular complexity index is 912. The van der Waals surface area contributed by atoms with E-state index in [0.717, 1.165) is 18.7 Å². The zero-order valence-corrected chi connectivity index (χ0v) is 14.6. The maximum atomic E-state index is 11.6. The van der Waals surface area contributed by atoms with E-state index in [4.69, 9.17) is 16.3 Å². The van der Waals surface area contributed by atoms with Crippen LogP contribution in [-0.2, 0) is 0 Å². The Morgan fingerprint density at radius 1 is 1.38 bits per heavy atom. The molecule has 0 radical (unpaired) electrons. The van der Waals surface area contributed by atoms with Crippen LogP contribution in [0.1, 0.15) is 6.42 Å². The number of aromatic amines is 1. The number of nitrogens with one attached hydrogen (secondary N) is 1. The average Bonchev–Trinajstić information content (AvgIpc) is 3.13. The van der Waals surface area contributed by atoms with Gasteiger partial charge in [-0.15, -0.1) is 0 Å². The van der Waals surface area contributed by atoms with Crippen LogP contribution in [0.25, 0.3) is 0 Å². The third-order valence-corrected chi connectivity index (χ3v) is 4.68. The summed E-state index contributed by atoms with van der Waals surface area (Å²) in [6.07, 6.45) is 9.58. The highest BCUT2D eigenvalue weighted by molar-refractivity contribution is 6.33. The van der Waals surface area contributed by atoms with Gasteiger partial charge >= 0.3 is 0 Å². The Hall–Kier alpha value is -2.87. The fourth-order valence-electron chi connectivity index (χ4n) is 3.02. The Morgan fingerprint density at radius 3 is 3.15 bits per heavy atom. The lowest BCUT2D eigenvalue weighted by atomic mass is 10.3. The number of pyridine rings is 1. The van der Waals surface area contributed by atoms with Crippen LogP contribution in [0.4, 0.5) is 11.4 Å². The zero-order chi connectivity index (χ0) is 17.9. The quantitative estimate of drug-likeness (QED) is 0.881. The lowest BCUT2D eigenvalue weighted by Gasteiger charge is -2.21. The first-order chi connectivity index (χ1) is 12.7. The maximum Gasteiger partial charge on any atom is 0.285 e. The summed E-state index contributed by atoms with van der Waals surface area (Å²) in [5.74, 6) is 0.570. The third-order valence-electron chi connectivity index (χ3n) is 4.32. The van der Waals surface area contributed by atoms with Gasteiger partial charge in [-0.25, -0.2) is 10.1 Å². The molecule has 2 aromatic rings. The van der Waals surface area contributed by atoms with Crippen molar-refractivity contribution < 1.29 is 4.74 Å². The third kappa shape index (κ3) is 3.41. The van der Waals surface area contributed by atoms with Gasteiger partial charge in [0, 0.05) is 49.5 Å². The molecular weight excluding hydrogens is 356 g/mol. The summed E-state index contributed by atoms with van der Waals surface area (Å²) in [6, 6.07) is 3.84. The van der Waals surface area contributed by atoms with Crippen molar-refractivity contribution in [2.75, 3.05) is 29.4 Å². The molecule has 2 aliphatic rings. The molecule has 0 amide bonds. The van der Waals surface area contributed by atoms with Crippen LogP contribution < -0.4 is 20.1 Å². The van der Waals surface area contributed by atoms with Gasteiger partial charge in [0.05, 0.1) is 25.0 Å². The van der Waals surface area contributed by atoms with Crippen molar-refractivity contribution in [3.8, 4) is 5.88 Å². The largest absolute Gasteiger partial charge is 0.472 e. The van der Waals surface area contributed by atoms with Gasteiger partial charge in [-0.1, -0.05) is 11.6 Å². The Morgan fingerprint density at radius 2 is 2.31 bits per heavy atom. The molecule has 0 unspecified atom stereocenters. The van der Waals surface area contributed by atoms with Crippen LogP contribution in [0.15, 0.2) is 46.7 Å². The van der Waals surface area contributed by atoms with Gasteiger partial charge in [-0.3, -0.25) is 9.79 Å². The zero-order valence-electron chi connectivity index (χ0n) is 13.9. The molecule has 0 aliphatic carbocycles. The molecule has 26 heavy (non-hydrogen) atoms. The van der Waals surface area contributed by atoms with E-state index in [0.29, 0.717) is 24.7 Å². The number of halogens is 1. The molecule has 0 spiro atoms. The highest BCUT2D eigenvalue weighted by Gasteiger charge is 2.27. The van der Waals surface area contributed by atoms with Crippen LogP contribution in [-0.4, -0.2) is 47.1 Å². The minimum atomic E-state index is -0.388. The highest BCUT2D eigenvalue weighted by Crippen LogP contribution is 2.27. The van der Waals surface area contributed by atoms with E-state index in [-0.39, 0.29) is 16.7 Å². The van der Waals surface area contributed by atoms with Crippen LogP contribution in [0.3, 0.4) is 0 Å². The number of aliphatic imine (C=N–C) groups is 1. The summed E-state index contributed by atoms with van der Waals surface area (Å²) in [5, 5.41) is 6.30. The topological polar surface area (TPSA) is 86.7 Å². The normalized spacial score (nSPS) is 19.2. The molecule has 1 atom stereocenters. The van der Waals surface area contributed by atoms with Crippen molar-refractivity contribution >= 4 is 29.2 Å². The molecule has 0 saturated carbocycles. The second-order valence-electron chi connectivity index (χ2n) is 6.01. The van der Waals surface area contributed by atoms with Gasteiger partial charge in [0.15, 0.2) is 0 Å². The SMILES string of the molecule is O=c1[nH]ncc(N2CC[C@@H](Oc3cc(N4C=CN=CC4)ccn3)C2)c1Cl. The van der Waals surface area contributed by atoms with Gasteiger partial charge in [-0.2, -0.15) is 5.10 Å². The number of rotatable bonds is 4. The van der Waals surface area contributed by atoms with E-state index in [2.05, 4.69) is 25.1 Å². The minimum absolute atomic E-state index is 0.0356. The molecule has 4 heterocycles. The molecule has 134 valence electrons. The van der Waals surface area contributed by atoms with E-state index in [1.54, 1.807) is 18.6 Å². The molecule has 1 saturated heterocycles. The van der Waals surface area contributed by atoms with Gasteiger partial charge in [0.25, 0.3) is 5.56 Å². The summed E-state index contributed by atoms with van der Waals surface area (Å²) in [4.78, 5) is 24.1. The fraction of sp³-hybridized carbons (Fsp3) is 0.294. The number of hydrogen-bond donors (Lipinski definition) is 1. The van der Waals surface area contributed by atoms with Gasteiger partial charge in [0.1, 0.15) is 11.1 Å². The first kappa shape index (κ1) is 16.6. The van der Waals surface area contributed by atoms with Crippen LogP contribution in [0.5, 0.6) is 5.88 Å². The van der Waals surface area contributed by atoms with Gasteiger partial charge in [0.2, 0.25) is 5.88 Å². The van der Waals surface area contributed by atoms with Crippen LogP contribution in [0.2, 0.25) is 5.02 Å². The molecule has 9 heteroatoms. The number of H-pyrrole nitrogens is 1. The summed E-state index contributed by atoms with van der Waals surface area (Å²) < 4.78 is 6.04. The predicted molar refractivity (Wildman–Crippen MR) is 100 cm³/mol. The van der Waals surface area contributed by atoms with E-state index < -0.39 is 0 Å². The summed E-state index contributed by atoms with van der Waals surface area (Å²) in [7, 11) is 0. The van der Waals surface area contributed by atoms with Crippen molar-refractivity contribution in [1.82, 2.24) is 15.2 Å². The van der Waals surface area contributed by atoms with Gasteiger partial charge in [-0.05, 0) is 6.07 Å². The molecular formula is C17H17ClN6O2. The molecule has 2 aliphatic heterocycles. The fourth-order valence-corrected chi connectivity index (χ4v) is 3.23. The molecule has 1 N–H and O–H groups in total. The Labute approximate surface area is 154 Å². The van der Waals surface area contributed by atoms with Crippen molar-refractivity contribution in [3.05, 3.63) is 52.3 Å². The smallest absolute Gasteiger partial charge is 0.285 e. The van der Waals surface area contributed by atoms with Crippen molar-refractivity contribution in [1.29, 1.82) is 0 Å². The predicted octanol–water partition coefficient (Wildman–Crippen LogP) is 1.84. The summed E-state index contributed by atoms with van der Waals surface area (Å²) in [5.41, 5.74) is 1.23. The van der Waals surface area contributed by atoms with E-state index >= 15 is 0 Å². The second kappa shape index (κ2) is 7.17. The van der Waals surface area contributed by atoms with Crippen molar-refractivity contribution in [2.24, 2.45) is 4.99 Å². The molecule has 0 aromatic carbocycles. The Balaban J connectivity index is 1.44. The number of anilines is 2. The number of nitrogens with zero attached hydrogens (tertiary/aromatic N) is 5.